The van der Waals surface area contributed by atoms with E-state index in [1.54, 1.807) is 6.08 Å². The van der Waals surface area contributed by atoms with Gasteiger partial charge in [-0.05, 0) is 106 Å². The first-order valence-electron chi connectivity index (χ1n) is 33.4. The number of aliphatic hydroxyl groups excluding tert-OH is 1. The predicted octanol–water partition coefficient (Wildman–Crippen LogP) is 16.5. The third-order valence-corrected chi connectivity index (χ3v) is 19.7. The van der Waals surface area contributed by atoms with E-state index >= 15 is 0 Å². The van der Waals surface area contributed by atoms with Gasteiger partial charge in [-0.3, -0.25) is 4.79 Å². The summed E-state index contributed by atoms with van der Waals surface area (Å²) >= 11 is 0. The summed E-state index contributed by atoms with van der Waals surface area (Å²) in [6.45, 7) is 0. The maximum Gasteiger partial charge on any atom is 0.305 e. The fourth-order valence-electron chi connectivity index (χ4n) is 14.4. The summed E-state index contributed by atoms with van der Waals surface area (Å²) in [5.41, 5.74) is 12.1. The van der Waals surface area contributed by atoms with Crippen molar-refractivity contribution in [3.05, 3.63) is 402 Å². The topological polar surface area (TPSA) is 154 Å². The molecular formula is C85H78N6O6S. The molecule has 0 spiro atoms. The number of Topliss-reactive ketones (excluding diaryl/α,β-unsaturated/α-hetero) is 1. The molecule has 3 heterocycles. The molecule has 3 aliphatic carbocycles. The zero-order valence-corrected chi connectivity index (χ0v) is 55.6. The average Bonchev–Trinajstić information content (AvgIpc) is 1.33. The third-order valence-electron chi connectivity index (χ3n) is 19.2. The van der Waals surface area contributed by atoms with Crippen LogP contribution in [0.4, 0.5) is 0 Å². The highest BCUT2D eigenvalue weighted by Gasteiger charge is 2.43. The zero-order valence-electron chi connectivity index (χ0n) is 54.7. The summed E-state index contributed by atoms with van der Waals surface area (Å²) in [4.78, 5) is 26.1. The van der Waals surface area contributed by atoms with E-state index in [1.165, 1.54) is 22.3 Å². The minimum Gasteiger partial charge on any atom is -0.393 e. The lowest BCUT2D eigenvalue weighted by Crippen LogP contribution is -2.37. The number of imidazole rings is 3. The van der Waals surface area contributed by atoms with Gasteiger partial charge in [-0.1, -0.05) is 285 Å². The molecule has 1 saturated carbocycles. The van der Waals surface area contributed by atoms with E-state index < -0.39 is 32.3 Å². The molecule has 1 unspecified atom stereocenters. The second-order valence-electron chi connectivity index (χ2n) is 25.3. The molecule has 3 aromatic heterocycles. The number of benzene rings is 9. The number of carbonyl (C=O) groups excluding carboxylic acids is 1. The highest BCUT2D eigenvalue weighted by molar-refractivity contribution is 7.86. The molecule has 0 bridgehead atoms. The van der Waals surface area contributed by atoms with Gasteiger partial charge in [-0.2, -0.15) is 8.42 Å². The maximum atomic E-state index is 11.8. The molecule has 12 aromatic rings. The SMILES string of the molecule is CS(=O)(=O)OC1=CC=C(c2cn(C(c3ccccc3)(c3ccccc3)c3ccccc3)cn2)CC1.O=C1CCC(O)(c2cn(C(c3ccccc3)(c3ccccc3)c3ccccc3)cn2)CC1.OC1CC=C(c2cn(C(c3ccccc3)(c3ccccc3)c3ccccc3)cn2)CC1. The molecule has 0 radical (unpaired) electrons. The smallest absolute Gasteiger partial charge is 0.305 e. The quantitative estimate of drug-likeness (QED) is 0.0670. The van der Waals surface area contributed by atoms with Crippen LogP contribution in [-0.4, -0.2) is 65.4 Å². The Morgan fingerprint density at radius 2 is 0.735 bits per heavy atom. The van der Waals surface area contributed by atoms with Crippen molar-refractivity contribution in [3.8, 4) is 0 Å². The Morgan fingerprint density at radius 3 is 1.03 bits per heavy atom. The van der Waals surface area contributed by atoms with Crippen LogP contribution >= 0.6 is 0 Å². The first kappa shape index (κ1) is 65.8. The van der Waals surface area contributed by atoms with Gasteiger partial charge in [0.25, 0.3) is 0 Å². The van der Waals surface area contributed by atoms with Gasteiger partial charge in [0.1, 0.15) is 33.8 Å². The predicted molar refractivity (Wildman–Crippen MR) is 387 cm³/mol. The van der Waals surface area contributed by atoms with E-state index in [2.05, 4.69) is 237 Å². The standard InChI is InChI=1S/C29H26N2O3S.C28H26N2O2.C28H26N2O/c1-35(32,33)34-27-19-17-23(18-20-27)28-21-31(22-30-28)29(24-11-5-2-6-12-24,25-13-7-3-8-14-25)26-15-9-4-10-16-26;31-25-16-18-27(32,19-17-25)26-20-30(21-29-26)28(22-10-4-1-5-11-22,23-12-6-2-7-13-23)24-14-8-3-9-15-24;31-26-18-16-22(17-19-26)27-20-30(21-29-27)28(23-10-4-1-5-11-23,24-12-6-2-7-13-24)25-14-8-3-9-15-25/h2-17,19,21-22H,18,20H2,1H3;1-15,20-21,32H,16-19H2;1-16,20-21,26,31H,17-19H2. The van der Waals surface area contributed by atoms with Crippen LogP contribution in [0, 0.1) is 0 Å². The molecule has 0 amide bonds. The van der Waals surface area contributed by atoms with Gasteiger partial charge >= 0.3 is 10.1 Å². The number of hydrogen-bond acceptors (Lipinski definition) is 9. The van der Waals surface area contributed by atoms with Crippen molar-refractivity contribution in [3.63, 3.8) is 0 Å². The third kappa shape index (κ3) is 13.5. The van der Waals surface area contributed by atoms with Crippen LogP contribution in [0.25, 0.3) is 11.1 Å². The van der Waals surface area contributed by atoms with Gasteiger partial charge < -0.3 is 28.1 Å². The lowest BCUT2D eigenvalue weighted by molar-refractivity contribution is -0.125. The van der Waals surface area contributed by atoms with Gasteiger partial charge in [-0.25, -0.2) is 15.0 Å². The van der Waals surface area contributed by atoms with Crippen molar-refractivity contribution in [1.82, 2.24) is 28.7 Å². The number of allylic oxidation sites excluding steroid dienone is 5. The number of ketones is 1. The first-order chi connectivity index (χ1) is 47.9. The summed E-state index contributed by atoms with van der Waals surface area (Å²) in [6.07, 6.45) is 23.5. The van der Waals surface area contributed by atoms with Gasteiger partial charge in [0.15, 0.2) is 0 Å². The van der Waals surface area contributed by atoms with Crippen LogP contribution in [0.5, 0.6) is 0 Å². The second kappa shape index (κ2) is 29.3. The van der Waals surface area contributed by atoms with Crippen LogP contribution in [0.3, 0.4) is 0 Å². The summed E-state index contributed by atoms with van der Waals surface area (Å²) < 4.78 is 34.5. The van der Waals surface area contributed by atoms with Crippen molar-refractivity contribution in [2.24, 2.45) is 0 Å². The minimum atomic E-state index is -3.53. The highest BCUT2D eigenvalue weighted by Crippen LogP contribution is 2.46. The Hall–Kier alpha value is -10.8. The molecule has 1 atom stereocenters. The maximum absolute atomic E-state index is 11.8. The lowest BCUT2D eigenvalue weighted by atomic mass is 9.76. The van der Waals surface area contributed by atoms with Crippen molar-refractivity contribution < 1.29 is 27.6 Å². The fraction of sp³-hybridized carbons (Fsp3) is 0.176. The highest BCUT2D eigenvalue weighted by atomic mass is 32.2. The van der Waals surface area contributed by atoms with Crippen LogP contribution in [-0.2, 0) is 41.3 Å². The van der Waals surface area contributed by atoms with Gasteiger partial charge in [0, 0.05) is 37.9 Å². The Bertz CT molecular complexity index is 4510. The van der Waals surface area contributed by atoms with Crippen molar-refractivity contribution in [1.29, 1.82) is 0 Å². The summed E-state index contributed by atoms with van der Waals surface area (Å²) in [7, 11) is -3.53. The second-order valence-corrected chi connectivity index (χ2v) is 26.8. The first-order valence-corrected chi connectivity index (χ1v) is 35.2. The summed E-state index contributed by atoms with van der Waals surface area (Å²) in [5.74, 6) is 0.657. The van der Waals surface area contributed by atoms with Crippen LogP contribution in [0.1, 0.15) is 125 Å². The van der Waals surface area contributed by atoms with Gasteiger partial charge in [0.2, 0.25) is 0 Å². The van der Waals surface area contributed by atoms with Crippen molar-refractivity contribution >= 4 is 27.0 Å². The molecule has 2 N–H and O–H groups in total. The van der Waals surface area contributed by atoms with E-state index in [4.69, 9.17) is 14.2 Å². The molecule has 9 aromatic carbocycles. The molecule has 0 aliphatic heterocycles. The van der Waals surface area contributed by atoms with Crippen molar-refractivity contribution in [2.75, 3.05) is 6.26 Å². The molecule has 490 valence electrons. The molecule has 0 saturated heterocycles. The van der Waals surface area contributed by atoms with E-state index in [1.807, 2.05) is 104 Å². The zero-order chi connectivity index (χ0) is 67.4. The largest absolute Gasteiger partial charge is 0.393 e. The lowest BCUT2D eigenvalue weighted by Gasteiger charge is -2.37. The Morgan fingerprint density at radius 1 is 0.418 bits per heavy atom. The molecule has 1 fully saturated rings. The minimum absolute atomic E-state index is 0.210. The van der Waals surface area contributed by atoms with E-state index in [-0.39, 0.29) is 11.9 Å². The van der Waals surface area contributed by atoms with Crippen LogP contribution in [0.15, 0.2) is 335 Å². The van der Waals surface area contributed by atoms with Gasteiger partial charge in [0.05, 0.1) is 48.4 Å². The number of aliphatic hydroxyl groups is 2. The van der Waals surface area contributed by atoms with Crippen molar-refractivity contribution in [2.45, 2.75) is 86.1 Å². The fourth-order valence-corrected chi connectivity index (χ4v) is 14.9. The summed E-state index contributed by atoms with van der Waals surface area (Å²) in [5, 5.41) is 21.2. The molecule has 13 heteroatoms. The Labute approximate surface area is 574 Å². The van der Waals surface area contributed by atoms with E-state index in [0.29, 0.717) is 56.4 Å². The van der Waals surface area contributed by atoms with Crippen LogP contribution in [0.2, 0.25) is 0 Å². The number of rotatable bonds is 17. The van der Waals surface area contributed by atoms with Gasteiger partial charge in [-0.15, -0.1) is 0 Å². The normalized spacial score (nSPS) is 15.6. The molecule has 12 nitrogen and oxygen atoms in total. The van der Waals surface area contributed by atoms with E-state index in [0.717, 1.165) is 69.4 Å². The average molecular weight is 1310 g/mol. The Balaban J connectivity index is 0.000000133. The monoisotopic (exact) mass is 1310 g/mol. The molecule has 15 rings (SSSR count). The summed E-state index contributed by atoms with van der Waals surface area (Å²) in [6, 6.07) is 94.4. The molecule has 98 heavy (non-hydrogen) atoms. The van der Waals surface area contributed by atoms with Crippen LogP contribution < -0.4 is 0 Å². The molecule has 3 aliphatic rings. The number of hydrogen-bond donors (Lipinski definition) is 2. The Kier molecular flexibility index (Phi) is 19.6. The van der Waals surface area contributed by atoms with E-state index in [9.17, 15) is 23.4 Å². The number of aromatic nitrogens is 6. The number of nitrogens with zero attached hydrogens (tertiary/aromatic N) is 6. The molecular weight excluding hydrogens is 1230 g/mol. The number of carbonyl (C=O) groups is 1.